The predicted octanol–water partition coefficient (Wildman–Crippen LogP) is 3.98. The van der Waals surface area contributed by atoms with E-state index in [9.17, 15) is 9.18 Å². The SMILES string of the molecule is O=C(CCc1ccco1)N1CCCC[C@@H]1c1nc2ccc(F)cc2[nH]1. The number of carbonyl (C=O) groups is 1. The molecule has 0 spiro atoms. The van der Waals surface area contributed by atoms with E-state index >= 15 is 0 Å². The second-order valence-corrected chi connectivity index (χ2v) is 6.46. The Balaban J connectivity index is 1.54. The van der Waals surface area contributed by atoms with Gasteiger partial charge in [0.2, 0.25) is 5.91 Å². The largest absolute Gasteiger partial charge is 0.469 e. The Morgan fingerprint density at radius 2 is 2.28 bits per heavy atom. The number of halogens is 1. The van der Waals surface area contributed by atoms with Crippen LogP contribution in [0.2, 0.25) is 0 Å². The summed E-state index contributed by atoms with van der Waals surface area (Å²) >= 11 is 0. The Labute approximate surface area is 144 Å². The van der Waals surface area contributed by atoms with Gasteiger partial charge in [0.25, 0.3) is 0 Å². The minimum atomic E-state index is -0.294. The van der Waals surface area contributed by atoms with Crippen molar-refractivity contribution in [1.29, 1.82) is 0 Å². The van der Waals surface area contributed by atoms with Crippen LogP contribution in [0.15, 0.2) is 41.0 Å². The molecule has 1 aliphatic rings. The average molecular weight is 341 g/mol. The number of benzene rings is 1. The van der Waals surface area contributed by atoms with Crippen LogP contribution in [-0.4, -0.2) is 27.3 Å². The van der Waals surface area contributed by atoms with Crippen LogP contribution in [-0.2, 0) is 11.2 Å². The number of amides is 1. The minimum absolute atomic E-state index is 0.0756. The lowest BCUT2D eigenvalue weighted by Gasteiger charge is -2.34. The molecule has 130 valence electrons. The van der Waals surface area contributed by atoms with Gasteiger partial charge in [0.15, 0.2) is 0 Å². The van der Waals surface area contributed by atoms with E-state index < -0.39 is 0 Å². The van der Waals surface area contributed by atoms with Crippen LogP contribution < -0.4 is 0 Å². The van der Waals surface area contributed by atoms with Gasteiger partial charge < -0.3 is 14.3 Å². The lowest BCUT2D eigenvalue weighted by molar-refractivity contribution is -0.135. The van der Waals surface area contributed by atoms with Gasteiger partial charge in [-0.3, -0.25) is 4.79 Å². The Morgan fingerprint density at radius 3 is 3.12 bits per heavy atom. The average Bonchev–Trinajstić information content (AvgIpc) is 3.28. The maximum absolute atomic E-state index is 13.4. The number of imidazole rings is 1. The molecule has 1 amide bonds. The van der Waals surface area contributed by atoms with E-state index in [-0.39, 0.29) is 17.8 Å². The summed E-state index contributed by atoms with van der Waals surface area (Å²) in [4.78, 5) is 22.4. The molecule has 4 rings (SSSR count). The Morgan fingerprint density at radius 1 is 1.36 bits per heavy atom. The number of aromatic nitrogens is 2. The third kappa shape index (κ3) is 3.29. The monoisotopic (exact) mass is 341 g/mol. The molecule has 5 nitrogen and oxygen atoms in total. The van der Waals surface area contributed by atoms with Gasteiger partial charge >= 0.3 is 0 Å². The van der Waals surface area contributed by atoms with Gasteiger partial charge in [-0.25, -0.2) is 9.37 Å². The van der Waals surface area contributed by atoms with Gasteiger partial charge in [0.05, 0.1) is 23.3 Å². The van der Waals surface area contributed by atoms with Crippen molar-refractivity contribution in [3.05, 3.63) is 54.0 Å². The van der Waals surface area contributed by atoms with Gasteiger partial charge in [-0.1, -0.05) is 0 Å². The molecule has 1 aliphatic heterocycles. The van der Waals surface area contributed by atoms with Crippen molar-refractivity contribution in [3.8, 4) is 0 Å². The van der Waals surface area contributed by atoms with Gasteiger partial charge in [-0.15, -0.1) is 0 Å². The third-order valence-electron chi connectivity index (χ3n) is 4.77. The van der Waals surface area contributed by atoms with Crippen molar-refractivity contribution in [2.24, 2.45) is 0 Å². The molecule has 0 unspecified atom stereocenters. The fourth-order valence-electron chi connectivity index (χ4n) is 3.50. The highest BCUT2D eigenvalue weighted by atomic mass is 19.1. The van der Waals surface area contributed by atoms with Crippen LogP contribution in [0.5, 0.6) is 0 Å². The van der Waals surface area contributed by atoms with Crippen LogP contribution in [0.1, 0.15) is 43.3 Å². The van der Waals surface area contributed by atoms with Crippen LogP contribution in [0.25, 0.3) is 11.0 Å². The topological polar surface area (TPSA) is 62.1 Å². The summed E-state index contributed by atoms with van der Waals surface area (Å²) in [6, 6.07) is 8.15. The quantitative estimate of drug-likeness (QED) is 0.781. The summed E-state index contributed by atoms with van der Waals surface area (Å²) in [5.41, 5.74) is 1.40. The first-order valence-corrected chi connectivity index (χ1v) is 8.68. The number of furan rings is 1. The summed E-state index contributed by atoms with van der Waals surface area (Å²) in [7, 11) is 0. The summed E-state index contributed by atoms with van der Waals surface area (Å²) in [6.45, 7) is 0.729. The molecular formula is C19H20FN3O2. The van der Waals surface area contributed by atoms with E-state index in [0.29, 0.717) is 18.4 Å². The van der Waals surface area contributed by atoms with Crippen LogP contribution in [0, 0.1) is 5.82 Å². The number of hydrogen-bond acceptors (Lipinski definition) is 3. The van der Waals surface area contributed by atoms with E-state index in [1.807, 2.05) is 17.0 Å². The van der Waals surface area contributed by atoms with E-state index in [2.05, 4.69) is 9.97 Å². The molecule has 1 saturated heterocycles. The number of nitrogens with one attached hydrogen (secondary N) is 1. The highest BCUT2D eigenvalue weighted by Crippen LogP contribution is 2.31. The lowest BCUT2D eigenvalue weighted by Crippen LogP contribution is -2.39. The second-order valence-electron chi connectivity index (χ2n) is 6.46. The first kappa shape index (κ1) is 15.9. The molecule has 1 fully saturated rings. The molecule has 25 heavy (non-hydrogen) atoms. The number of likely N-dealkylation sites (tertiary alicyclic amines) is 1. The number of fused-ring (bicyclic) bond motifs is 1. The number of rotatable bonds is 4. The number of carbonyl (C=O) groups excluding carboxylic acids is 1. The van der Waals surface area contributed by atoms with E-state index in [0.717, 1.165) is 42.9 Å². The molecular weight excluding hydrogens is 321 g/mol. The van der Waals surface area contributed by atoms with Crippen molar-refractivity contribution in [1.82, 2.24) is 14.9 Å². The maximum Gasteiger partial charge on any atom is 0.223 e. The summed E-state index contributed by atoms with van der Waals surface area (Å²) in [5.74, 6) is 1.37. The van der Waals surface area contributed by atoms with E-state index in [1.165, 1.54) is 12.1 Å². The van der Waals surface area contributed by atoms with Crippen molar-refractivity contribution >= 4 is 16.9 Å². The van der Waals surface area contributed by atoms with Gasteiger partial charge in [-0.05, 0) is 49.6 Å². The Kier molecular flexibility index (Phi) is 4.26. The minimum Gasteiger partial charge on any atom is -0.469 e. The molecule has 0 bridgehead atoms. The highest BCUT2D eigenvalue weighted by molar-refractivity contribution is 5.78. The number of aromatic amines is 1. The zero-order valence-electron chi connectivity index (χ0n) is 13.9. The summed E-state index contributed by atoms with van der Waals surface area (Å²) in [5, 5.41) is 0. The molecule has 1 atom stereocenters. The zero-order chi connectivity index (χ0) is 17.2. The lowest BCUT2D eigenvalue weighted by atomic mass is 10.0. The second kappa shape index (κ2) is 6.70. The van der Waals surface area contributed by atoms with Crippen molar-refractivity contribution in [2.45, 2.75) is 38.1 Å². The first-order valence-electron chi connectivity index (χ1n) is 8.68. The Bertz CT molecular complexity index is 872. The summed E-state index contributed by atoms with van der Waals surface area (Å²) in [6.07, 6.45) is 5.56. The number of H-pyrrole nitrogens is 1. The van der Waals surface area contributed by atoms with Gasteiger partial charge in [0, 0.05) is 19.4 Å². The number of hydrogen-bond donors (Lipinski definition) is 1. The van der Waals surface area contributed by atoms with E-state index in [1.54, 1.807) is 12.3 Å². The van der Waals surface area contributed by atoms with Gasteiger partial charge in [-0.2, -0.15) is 0 Å². The van der Waals surface area contributed by atoms with Crippen molar-refractivity contribution < 1.29 is 13.6 Å². The molecule has 0 saturated carbocycles. The molecule has 0 radical (unpaired) electrons. The zero-order valence-corrected chi connectivity index (χ0v) is 13.9. The van der Waals surface area contributed by atoms with Gasteiger partial charge in [0.1, 0.15) is 17.4 Å². The Hall–Kier alpha value is -2.63. The van der Waals surface area contributed by atoms with Crippen molar-refractivity contribution in [3.63, 3.8) is 0 Å². The fraction of sp³-hybridized carbons (Fsp3) is 0.368. The number of piperidine rings is 1. The molecule has 3 aromatic rings. The molecule has 1 aromatic carbocycles. The number of nitrogens with zero attached hydrogens (tertiary/aromatic N) is 2. The van der Waals surface area contributed by atoms with Crippen LogP contribution >= 0.6 is 0 Å². The van der Waals surface area contributed by atoms with Crippen LogP contribution in [0.3, 0.4) is 0 Å². The van der Waals surface area contributed by atoms with Crippen molar-refractivity contribution in [2.75, 3.05) is 6.54 Å². The van der Waals surface area contributed by atoms with E-state index in [4.69, 9.17) is 4.42 Å². The maximum atomic E-state index is 13.4. The third-order valence-corrected chi connectivity index (χ3v) is 4.77. The molecule has 2 aromatic heterocycles. The summed E-state index contributed by atoms with van der Waals surface area (Å²) < 4.78 is 18.7. The normalized spacial score (nSPS) is 18.0. The highest BCUT2D eigenvalue weighted by Gasteiger charge is 2.30. The van der Waals surface area contributed by atoms with Crippen LogP contribution in [0.4, 0.5) is 4.39 Å². The molecule has 1 N–H and O–H groups in total. The smallest absolute Gasteiger partial charge is 0.223 e. The molecule has 3 heterocycles. The molecule has 6 heteroatoms. The number of aryl methyl sites for hydroxylation is 1. The fourth-order valence-corrected chi connectivity index (χ4v) is 3.50. The molecule has 0 aliphatic carbocycles. The predicted molar refractivity (Wildman–Crippen MR) is 91.4 cm³/mol. The standard InChI is InChI=1S/C19H20FN3O2/c20-13-6-8-15-16(12-13)22-19(21-15)17-5-1-2-10-23(17)18(24)9-7-14-4-3-11-25-14/h3-4,6,8,11-12,17H,1-2,5,7,9-10H2,(H,21,22)/t17-/m1/s1. The first-order chi connectivity index (χ1) is 12.2.